The molecule has 0 aliphatic heterocycles. The Morgan fingerprint density at radius 2 is 1.64 bits per heavy atom. The standard InChI is InChI=1S/C14H14FN3O3S/c15-22(20,21)13-7-5-12(6-8-13)18-14(19)17-9-10-1-3-11(16)4-2-10/h1-8H,9,16H2,(H2,17,18,19). The van der Waals surface area contributed by atoms with Crippen LogP contribution in [-0.2, 0) is 16.8 Å². The summed E-state index contributed by atoms with van der Waals surface area (Å²) in [6.45, 7) is 0.309. The number of benzene rings is 2. The van der Waals surface area contributed by atoms with Crippen LogP contribution in [0.4, 0.5) is 20.1 Å². The minimum Gasteiger partial charge on any atom is -0.399 e. The molecule has 0 aromatic heterocycles. The van der Waals surface area contributed by atoms with E-state index in [1.165, 1.54) is 12.1 Å². The number of carbonyl (C=O) groups is 1. The number of nitrogens with two attached hydrogens (primary N) is 1. The van der Waals surface area contributed by atoms with Gasteiger partial charge in [-0.05, 0) is 42.0 Å². The smallest absolute Gasteiger partial charge is 0.332 e. The van der Waals surface area contributed by atoms with Gasteiger partial charge in [-0.2, -0.15) is 8.42 Å². The van der Waals surface area contributed by atoms with Crippen molar-refractivity contribution >= 4 is 27.6 Å². The van der Waals surface area contributed by atoms with Crippen molar-refractivity contribution < 1.29 is 17.1 Å². The van der Waals surface area contributed by atoms with Gasteiger partial charge in [-0.1, -0.05) is 12.1 Å². The molecular weight excluding hydrogens is 309 g/mol. The second-order valence-corrected chi connectivity index (χ2v) is 5.86. The highest BCUT2D eigenvalue weighted by Gasteiger charge is 2.11. The van der Waals surface area contributed by atoms with Crippen molar-refractivity contribution in [1.82, 2.24) is 5.32 Å². The Balaban J connectivity index is 1.90. The van der Waals surface area contributed by atoms with Crippen LogP contribution in [0.15, 0.2) is 53.4 Å². The SMILES string of the molecule is Nc1ccc(CNC(=O)Nc2ccc(S(=O)(=O)F)cc2)cc1. The summed E-state index contributed by atoms with van der Waals surface area (Å²) in [5.41, 5.74) is 7.42. The van der Waals surface area contributed by atoms with E-state index in [-0.39, 0.29) is 0 Å². The number of hydrogen-bond donors (Lipinski definition) is 3. The van der Waals surface area contributed by atoms with E-state index in [0.29, 0.717) is 17.9 Å². The fourth-order valence-corrected chi connectivity index (χ4v) is 2.16. The lowest BCUT2D eigenvalue weighted by Crippen LogP contribution is -2.28. The van der Waals surface area contributed by atoms with Crippen molar-refractivity contribution in [3.05, 3.63) is 54.1 Å². The van der Waals surface area contributed by atoms with Crippen LogP contribution in [0.25, 0.3) is 0 Å². The molecule has 2 rings (SSSR count). The molecule has 6 nitrogen and oxygen atoms in total. The summed E-state index contributed by atoms with van der Waals surface area (Å²) >= 11 is 0. The van der Waals surface area contributed by atoms with E-state index in [2.05, 4.69) is 10.6 Å². The first-order valence-corrected chi connectivity index (χ1v) is 7.67. The maximum absolute atomic E-state index is 12.7. The zero-order chi connectivity index (χ0) is 16.2. The summed E-state index contributed by atoms with van der Waals surface area (Å²) in [7, 11) is -4.74. The third-order valence-electron chi connectivity index (χ3n) is 2.83. The lowest BCUT2D eigenvalue weighted by atomic mass is 10.2. The summed E-state index contributed by atoms with van der Waals surface area (Å²) < 4.78 is 34.1. The number of rotatable bonds is 4. The molecule has 0 saturated carbocycles. The highest BCUT2D eigenvalue weighted by atomic mass is 32.3. The third kappa shape index (κ3) is 4.45. The summed E-state index contributed by atoms with van der Waals surface area (Å²) in [6, 6.07) is 11.3. The topological polar surface area (TPSA) is 101 Å². The fraction of sp³-hybridized carbons (Fsp3) is 0.0714. The zero-order valence-electron chi connectivity index (χ0n) is 11.4. The van der Waals surface area contributed by atoms with Crippen molar-refractivity contribution in [3.8, 4) is 0 Å². The number of nitrogen functional groups attached to an aromatic ring is 1. The monoisotopic (exact) mass is 323 g/mol. The highest BCUT2D eigenvalue weighted by Crippen LogP contribution is 2.15. The van der Waals surface area contributed by atoms with Gasteiger partial charge in [0, 0.05) is 17.9 Å². The Morgan fingerprint density at radius 3 is 2.18 bits per heavy atom. The molecule has 0 atom stereocenters. The van der Waals surface area contributed by atoms with E-state index >= 15 is 0 Å². The zero-order valence-corrected chi connectivity index (χ0v) is 12.2. The largest absolute Gasteiger partial charge is 0.399 e. The predicted molar refractivity (Wildman–Crippen MR) is 81.4 cm³/mol. The predicted octanol–water partition coefficient (Wildman–Crippen LogP) is 2.25. The van der Waals surface area contributed by atoms with Crippen LogP contribution in [-0.4, -0.2) is 14.4 Å². The van der Waals surface area contributed by atoms with Crippen LogP contribution in [0.5, 0.6) is 0 Å². The number of amides is 2. The Morgan fingerprint density at radius 1 is 1.05 bits per heavy atom. The van der Waals surface area contributed by atoms with E-state index < -0.39 is 21.1 Å². The quantitative estimate of drug-likeness (QED) is 0.593. The number of halogens is 1. The van der Waals surface area contributed by atoms with E-state index in [1.54, 1.807) is 24.3 Å². The Hall–Kier alpha value is -2.61. The van der Waals surface area contributed by atoms with Gasteiger partial charge in [-0.3, -0.25) is 0 Å². The van der Waals surface area contributed by atoms with Crippen molar-refractivity contribution in [2.24, 2.45) is 0 Å². The molecule has 2 amide bonds. The molecule has 0 fully saturated rings. The molecule has 22 heavy (non-hydrogen) atoms. The molecule has 0 saturated heterocycles. The molecule has 0 aliphatic rings. The van der Waals surface area contributed by atoms with Gasteiger partial charge in [0.15, 0.2) is 0 Å². The average molecular weight is 323 g/mol. The van der Waals surface area contributed by atoms with Crippen LogP contribution in [0, 0.1) is 0 Å². The van der Waals surface area contributed by atoms with Gasteiger partial charge in [-0.15, -0.1) is 3.89 Å². The first-order valence-electron chi connectivity index (χ1n) is 6.28. The maximum Gasteiger partial charge on any atom is 0.332 e. The molecule has 0 bridgehead atoms. The fourth-order valence-electron chi connectivity index (χ4n) is 1.69. The van der Waals surface area contributed by atoms with E-state index in [0.717, 1.165) is 17.7 Å². The van der Waals surface area contributed by atoms with Crippen molar-refractivity contribution in [3.63, 3.8) is 0 Å². The lowest BCUT2D eigenvalue weighted by Gasteiger charge is -2.08. The van der Waals surface area contributed by atoms with Crippen LogP contribution < -0.4 is 16.4 Å². The third-order valence-corrected chi connectivity index (χ3v) is 3.66. The van der Waals surface area contributed by atoms with Crippen LogP contribution in [0.2, 0.25) is 0 Å². The van der Waals surface area contributed by atoms with Crippen molar-refractivity contribution in [2.45, 2.75) is 11.4 Å². The van der Waals surface area contributed by atoms with Gasteiger partial charge >= 0.3 is 16.3 Å². The molecule has 2 aromatic rings. The summed E-state index contributed by atoms with van der Waals surface area (Å²) in [5, 5.41) is 5.14. The summed E-state index contributed by atoms with van der Waals surface area (Å²) in [6.07, 6.45) is 0. The van der Waals surface area contributed by atoms with Crippen molar-refractivity contribution in [2.75, 3.05) is 11.1 Å². The van der Waals surface area contributed by atoms with Gasteiger partial charge in [0.05, 0.1) is 4.90 Å². The molecule has 0 heterocycles. The summed E-state index contributed by atoms with van der Waals surface area (Å²) in [5.74, 6) is 0. The molecular formula is C14H14FN3O3S. The van der Waals surface area contributed by atoms with Gasteiger partial charge in [0.25, 0.3) is 0 Å². The van der Waals surface area contributed by atoms with E-state index in [9.17, 15) is 17.1 Å². The van der Waals surface area contributed by atoms with Crippen LogP contribution in [0.1, 0.15) is 5.56 Å². The van der Waals surface area contributed by atoms with Crippen LogP contribution >= 0.6 is 0 Å². The number of urea groups is 1. The maximum atomic E-state index is 12.7. The number of nitrogens with one attached hydrogen (secondary N) is 2. The lowest BCUT2D eigenvalue weighted by molar-refractivity contribution is 0.251. The van der Waals surface area contributed by atoms with E-state index in [4.69, 9.17) is 5.73 Å². The van der Waals surface area contributed by atoms with Gasteiger partial charge < -0.3 is 16.4 Å². The van der Waals surface area contributed by atoms with Gasteiger partial charge in [-0.25, -0.2) is 4.79 Å². The Labute approximate surface area is 127 Å². The molecule has 116 valence electrons. The van der Waals surface area contributed by atoms with Gasteiger partial charge in [0.1, 0.15) is 0 Å². The first-order chi connectivity index (χ1) is 10.3. The Kier molecular flexibility index (Phi) is 4.62. The minimum atomic E-state index is -4.74. The molecule has 4 N–H and O–H groups in total. The molecule has 0 spiro atoms. The normalized spacial score (nSPS) is 11.0. The average Bonchev–Trinajstić information content (AvgIpc) is 2.46. The minimum absolute atomic E-state index is 0.309. The molecule has 0 radical (unpaired) electrons. The molecule has 0 aliphatic carbocycles. The summed E-state index contributed by atoms with van der Waals surface area (Å²) in [4.78, 5) is 11.2. The number of carbonyl (C=O) groups excluding carboxylic acids is 1. The first kappa shape index (κ1) is 15.8. The molecule has 0 unspecified atom stereocenters. The van der Waals surface area contributed by atoms with E-state index in [1.807, 2.05) is 0 Å². The van der Waals surface area contributed by atoms with Gasteiger partial charge in [0.2, 0.25) is 0 Å². The highest BCUT2D eigenvalue weighted by molar-refractivity contribution is 7.86. The molecule has 2 aromatic carbocycles. The second kappa shape index (κ2) is 6.44. The number of anilines is 2. The van der Waals surface area contributed by atoms with Crippen molar-refractivity contribution in [1.29, 1.82) is 0 Å². The molecule has 8 heteroatoms. The Bertz CT molecular complexity index is 759. The van der Waals surface area contributed by atoms with Crippen LogP contribution in [0.3, 0.4) is 0 Å². The number of hydrogen-bond acceptors (Lipinski definition) is 4. The second-order valence-electron chi connectivity index (χ2n) is 4.51.